The molecule has 5 heteroatoms. The molecule has 1 unspecified atom stereocenters. The molecule has 4 nitrogen and oxygen atoms in total. The number of alkyl halides is 1. The number of halogens is 1. The van der Waals surface area contributed by atoms with Crippen LogP contribution in [-0.4, -0.2) is 34.8 Å². The van der Waals surface area contributed by atoms with Crippen molar-refractivity contribution in [3.8, 4) is 0 Å². The molecule has 2 rings (SSSR count). The van der Waals surface area contributed by atoms with Crippen molar-refractivity contribution in [3.05, 3.63) is 47.5 Å². The van der Waals surface area contributed by atoms with E-state index in [2.05, 4.69) is 16.9 Å². The molecule has 1 aliphatic carbocycles. The first kappa shape index (κ1) is 20.0. The Labute approximate surface area is 154 Å². The lowest BCUT2D eigenvalue weighted by molar-refractivity contribution is -0.140. The van der Waals surface area contributed by atoms with E-state index in [9.17, 15) is 9.90 Å². The summed E-state index contributed by atoms with van der Waals surface area (Å²) in [4.78, 5) is 11.1. The lowest BCUT2D eigenvalue weighted by Gasteiger charge is -2.23. The summed E-state index contributed by atoms with van der Waals surface area (Å²) in [5, 5.41) is 19.5. The number of aliphatic hydroxyl groups is 2. The van der Waals surface area contributed by atoms with Crippen LogP contribution < -0.4 is 0 Å². The van der Waals surface area contributed by atoms with Gasteiger partial charge in [0.25, 0.3) is 0 Å². The zero-order valence-corrected chi connectivity index (χ0v) is 15.4. The minimum Gasteiger partial charge on any atom is -0.469 e. The van der Waals surface area contributed by atoms with Crippen LogP contribution in [0, 0.1) is 5.92 Å². The molecule has 0 amide bonds. The maximum absolute atomic E-state index is 11.1. The van der Waals surface area contributed by atoms with Gasteiger partial charge in [0, 0.05) is 17.7 Å². The van der Waals surface area contributed by atoms with Crippen LogP contribution in [0.5, 0.6) is 0 Å². The highest BCUT2D eigenvalue weighted by molar-refractivity contribution is 6.21. The Morgan fingerprint density at radius 2 is 2.04 bits per heavy atom. The summed E-state index contributed by atoms with van der Waals surface area (Å²) in [5.74, 6) is 0.00277. The van der Waals surface area contributed by atoms with Crippen LogP contribution in [0.1, 0.15) is 49.1 Å². The monoisotopic (exact) mass is 366 g/mol. The molecule has 1 aromatic rings. The molecular weight excluding hydrogens is 340 g/mol. The summed E-state index contributed by atoms with van der Waals surface area (Å²) < 4.78 is 4.62. The number of allylic oxidation sites excluding steroid dienone is 2. The molecule has 0 saturated heterocycles. The summed E-state index contributed by atoms with van der Waals surface area (Å²) in [6, 6.07) is 7.73. The van der Waals surface area contributed by atoms with Crippen molar-refractivity contribution < 1.29 is 19.7 Å². The van der Waals surface area contributed by atoms with Crippen LogP contribution in [-0.2, 0) is 16.1 Å². The predicted molar refractivity (Wildman–Crippen MR) is 98.5 cm³/mol. The molecule has 1 aromatic carbocycles. The second-order valence-electron chi connectivity index (χ2n) is 6.58. The fraction of sp³-hybridized carbons (Fsp3) is 0.550. The molecule has 1 saturated carbocycles. The van der Waals surface area contributed by atoms with Crippen molar-refractivity contribution in [2.75, 3.05) is 7.11 Å². The maximum atomic E-state index is 11.1. The average molecular weight is 367 g/mol. The maximum Gasteiger partial charge on any atom is 0.305 e. The van der Waals surface area contributed by atoms with Crippen LogP contribution in [0.3, 0.4) is 0 Å². The third kappa shape index (κ3) is 5.56. The van der Waals surface area contributed by atoms with E-state index in [0.29, 0.717) is 12.8 Å². The summed E-state index contributed by atoms with van der Waals surface area (Å²) in [5.41, 5.74) is 1.93. The quantitative estimate of drug-likeness (QED) is 0.319. The standard InChI is InChI=1S/C20H27ClO4/c1-25-19(24)7-5-3-2-4-6-16-17(21)12-18(23)20(16)15-10-8-14(13-22)9-11-15/h2,4,8-11,16-18,20,22-23H,3,5-7,12-13H2,1H3/b4-2-/t16-,17?,18+,20+/m0/s1. The van der Waals surface area contributed by atoms with Gasteiger partial charge in [0.15, 0.2) is 0 Å². The van der Waals surface area contributed by atoms with Gasteiger partial charge in [0.05, 0.1) is 19.8 Å². The number of rotatable bonds is 8. The van der Waals surface area contributed by atoms with Gasteiger partial charge in [0.2, 0.25) is 0 Å². The number of hydrogen-bond acceptors (Lipinski definition) is 4. The lowest BCUT2D eigenvalue weighted by Crippen LogP contribution is -2.18. The van der Waals surface area contributed by atoms with Crippen molar-refractivity contribution >= 4 is 17.6 Å². The fourth-order valence-corrected chi connectivity index (χ4v) is 3.95. The summed E-state index contributed by atoms with van der Waals surface area (Å²) >= 11 is 6.48. The number of ether oxygens (including phenoxy) is 1. The molecule has 0 aliphatic heterocycles. The lowest BCUT2D eigenvalue weighted by atomic mass is 9.85. The number of methoxy groups -OCH3 is 1. The Bertz CT molecular complexity index is 570. The first-order chi connectivity index (χ1) is 12.1. The Morgan fingerprint density at radius 3 is 2.68 bits per heavy atom. The van der Waals surface area contributed by atoms with E-state index >= 15 is 0 Å². The number of carbonyl (C=O) groups excluding carboxylic acids is 1. The van der Waals surface area contributed by atoms with E-state index in [1.807, 2.05) is 24.3 Å². The third-order valence-corrected chi connectivity index (χ3v) is 5.41. The van der Waals surface area contributed by atoms with Crippen LogP contribution in [0.25, 0.3) is 0 Å². The van der Waals surface area contributed by atoms with Gasteiger partial charge < -0.3 is 14.9 Å². The molecule has 4 atom stereocenters. The SMILES string of the molecule is COC(=O)CCC/C=C\C[C@H]1C(Cl)C[C@@H](O)[C@@H]1c1ccc(CO)cc1. The second-order valence-corrected chi connectivity index (χ2v) is 7.14. The van der Waals surface area contributed by atoms with Gasteiger partial charge in [-0.2, -0.15) is 0 Å². The minimum absolute atomic E-state index is 0.00922. The molecule has 0 spiro atoms. The van der Waals surface area contributed by atoms with E-state index < -0.39 is 6.10 Å². The van der Waals surface area contributed by atoms with Gasteiger partial charge in [-0.25, -0.2) is 0 Å². The van der Waals surface area contributed by atoms with Gasteiger partial charge in [0.1, 0.15) is 0 Å². The highest BCUT2D eigenvalue weighted by Gasteiger charge is 2.41. The second kappa shape index (κ2) is 9.95. The van der Waals surface area contributed by atoms with Gasteiger partial charge >= 0.3 is 5.97 Å². The Kier molecular flexibility index (Phi) is 7.94. The van der Waals surface area contributed by atoms with Gasteiger partial charge in [-0.1, -0.05) is 36.4 Å². The zero-order chi connectivity index (χ0) is 18.2. The number of aliphatic hydroxyl groups excluding tert-OH is 2. The van der Waals surface area contributed by atoms with Gasteiger partial charge in [-0.05, 0) is 42.7 Å². The van der Waals surface area contributed by atoms with Crippen molar-refractivity contribution in [2.24, 2.45) is 5.92 Å². The molecular formula is C20H27ClO4. The van der Waals surface area contributed by atoms with E-state index in [0.717, 1.165) is 30.4 Å². The van der Waals surface area contributed by atoms with Crippen LogP contribution in [0.15, 0.2) is 36.4 Å². The van der Waals surface area contributed by atoms with Crippen molar-refractivity contribution in [3.63, 3.8) is 0 Å². The van der Waals surface area contributed by atoms with E-state index in [4.69, 9.17) is 16.7 Å². The Balaban J connectivity index is 1.93. The molecule has 0 radical (unpaired) electrons. The summed E-state index contributed by atoms with van der Waals surface area (Å²) in [6.45, 7) is 0.0172. The predicted octanol–water partition coefficient (Wildman–Crippen LogP) is 3.54. The van der Waals surface area contributed by atoms with Crippen molar-refractivity contribution in [1.82, 2.24) is 0 Å². The topological polar surface area (TPSA) is 66.8 Å². The number of benzene rings is 1. The van der Waals surface area contributed by atoms with Crippen molar-refractivity contribution in [1.29, 1.82) is 0 Å². The molecule has 138 valence electrons. The third-order valence-electron chi connectivity index (χ3n) is 4.91. The molecule has 0 aromatic heterocycles. The number of esters is 1. The van der Waals surface area contributed by atoms with E-state index in [-0.39, 0.29) is 29.8 Å². The van der Waals surface area contributed by atoms with E-state index in [1.54, 1.807) is 0 Å². The van der Waals surface area contributed by atoms with Gasteiger partial charge in [-0.15, -0.1) is 11.6 Å². The summed E-state index contributed by atoms with van der Waals surface area (Å²) in [7, 11) is 1.40. The first-order valence-electron chi connectivity index (χ1n) is 8.80. The largest absolute Gasteiger partial charge is 0.469 e. The van der Waals surface area contributed by atoms with Gasteiger partial charge in [-0.3, -0.25) is 4.79 Å². The zero-order valence-electron chi connectivity index (χ0n) is 14.6. The Hall–Kier alpha value is -1.36. The normalized spacial score (nSPS) is 26.2. The molecule has 1 aliphatic rings. The van der Waals surface area contributed by atoms with Crippen LogP contribution in [0.4, 0.5) is 0 Å². The minimum atomic E-state index is -0.444. The summed E-state index contributed by atoms with van der Waals surface area (Å²) in [6.07, 6.45) is 7.15. The van der Waals surface area contributed by atoms with E-state index in [1.165, 1.54) is 7.11 Å². The molecule has 0 bridgehead atoms. The van der Waals surface area contributed by atoms with Crippen molar-refractivity contribution in [2.45, 2.75) is 56.1 Å². The molecule has 2 N–H and O–H groups in total. The molecule has 0 heterocycles. The highest BCUT2D eigenvalue weighted by atomic mass is 35.5. The first-order valence-corrected chi connectivity index (χ1v) is 9.24. The fourth-order valence-electron chi connectivity index (χ4n) is 3.51. The average Bonchev–Trinajstić information content (AvgIpc) is 2.91. The molecule has 25 heavy (non-hydrogen) atoms. The Morgan fingerprint density at radius 1 is 1.32 bits per heavy atom. The highest BCUT2D eigenvalue weighted by Crippen LogP contribution is 2.44. The van der Waals surface area contributed by atoms with Crippen LogP contribution >= 0.6 is 11.6 Å². The number of unbranched alkanes of at least 4 members (excludes halogenated alkanes) is 1. The number of carbonyl (C=O) groups is 1. The smallest absolute Gasteiger partial charge is 0.305 e. The number of hydrogen-bond donors (Lipinski definition) is 2. The molecule has 1 fully saturated rings. The van der Waals surface area contributed by atoms with Crippen LogP contribution in [0.2, 0.25) is 0 Å².